The quantitative estimate of drug-likeness (QED) is 0.151. The van der Waals surface area contributed by atoms with Gasteiger partial charge in [-0.3, -0.25) is 28.8 Å². The van der Waals surface area contributed by atoms with Crippen molar-refractivity contribution in [1.82, 2.24) is 30.5 Å². The maximum atomic E-state index is 14.8. The number of Topliss-reactive ketones (excluding diaryl/α,β-unsaturated/α-hetero) is 1. The number of likely N-dealkylation sites (tertiary alicyclic amines) is 1. The molecule has 3 heterocycles. The van der Waals surface area contributed by atoms with Crippen LogP contribution in [0.2, 0.25) is 0 Å². The van der Waals surface area contributed by atoms with Gasteiger partial charge in [0, 0.05) is 44.6 Å². The van der Waals surface area contributed by atoms with Crippen molar-refractivity contribution in [3.63, 3.8) is 0 Å². The van der Waals surface area contributed by atoms with E-state index < -0.39 is 80.2 Å². The van der Waals surface area contributed by atoms with E-state index in [4.69, 9.17) is 16.2 Å². The first-order valence-corrected chi connectivity index (χ1v) is 19.7. The smallest absolute Gasteiger partial charge is 0.287 e. The monoisotopic (exact) mass is 772 g/mol. The molecular formula is C35H48N8O10S. The van der Waals surface area contributed by atoms with Crippen LogP contribution in [-0.4, -0.2) is 112 Å². The molecule has 1 saturated carbocycles. The van der Waals surface area contributed by atoms with Crippen LogP contribution in [0.3, 0.4) is 0 Å². The fraction of sp³-hybridized carbons (Fsp3) is 0.600. The van der Waals surface area contributed by atoms with Crippen LogP contribution in [0.1, 0.15) is 93.7 Å². The number of aliphatic hydroxyl groups is 1. The Morgan fingerprint density at radius 3 is 2.28 bits per heavy atom. The molecule has 2 aliphatic heterocycles. The number of rotatable bonds is 14. The molecule has 2 aromatic rings. The normalized spacial score (nSPS) is 21.2. The molecule has 54 heavy (non-hydrogen) atoms. The molecule has 19 heteroatoms. The van der Waals surface area contributed by atoms with Gasteiger partial charge in [0.05, 0.1) is 22.8 Å². The number of primary amides is 2. The van der Waals surface area contributed by atoms with Crippen LogP contribution < -0.4 is 22.1 Å². The van der Waals surface area contributed by atoms with Crippen LogP contribution in [0.5, 0.6) is 0 Å². The summed E-state index contributed by atoms with van der Waals surface area (Å²) < 4.78 is 31.8. The minimum atomic E-state index is -4.03. The average molecular weight is 773 g/mol. The summed E-state index contributed by atoms with van der Waals surface area (Å²) in [4.78, 5) is 80.3. The Morgan fingerprint density at radius 1 is 1.04 bits per heavy atom. The van der Waals surface area contributed by atoms with Crippen LogP contribution in [0.15, 0.2) is 35.4 Å². The summed E-state index contributed by atoms with van der Waals surface area (Å²) in [5.41, 5.74) is 7.82. The van der Waals surface area contributed by atoms with Crippen molar-refractivity contribution in [2.45, 2.75) is 106 Å². The summed E-state index contributed by atoms with van der Waals surface area (Å²) in [5, 5.41) is 24.6. The van der Waals surface area contributed by atoms with E-state index in [1.54, 1.807) is 13.8 Å². The number of hydrogen-bond donors (Lipinski definition) is 5. The van der Waals surface area contributed by atoms with Gasteiger partial charge in [-0.15, -0.1) is 5.10 Å². The van der Waals surface area contributed by atoms with E-state index in [9.17, 15) is 42.3 Å². The number of carbonyl (C=O) groups excluding carboxylic acids is 6. The predicted molar refractivity (Wildman–Crippen MR) is 190 cm³/mol. The number of ether oxygens (including phenoxy) is 1. The second-order valence-corrected chi connectivity index (χ2v) is 16.9. The van der Waals surface area contributed by atoms with Crippen LogP contribution in [0.4, 0.5) is 0 Å². The van der Waals surface area contributed by atoms with Gasteiger partial charge in [0.25, 0.3) is 11.8 Å². The van der Waals surface area contributed by atoms with Gasteiger partial charge in [0.1, 0.15) is 29.0 Å². The Hall–Kier alpha value is -4.75. The molecule has 18 nitrogen and oxygen atoms in total. The summed E-state index contributed by atoms with van der Waals surface area (Å²) in [6, 6.07) is 1.89. The molecular weight excluding hydrogens is 724 g/mol. The largest absolute Gasteiger partial charge is 0.384 e. The second kappa shape index (κ2) is 16.3. The van der Waals surface area contributed by atoms with Crippen molar-refractivity contribution in [3.8, 4) is 0 Å². The molecule has 7 N–H and O–H groups in total. The predicted octanol–water partition coefficient (Wildman–Crippen LogP) is -0.605. The summed E-state index contributed by atoms with van der Waals surface area (Å²) in [6.45, 7) is 3.17. The average Bonchev–Trinajstić information content (AvgIpc) is 3.80. The Bertz CT molecular complexity index is 1860. The molecule has 3 fully saturated rings. The first-order chi connectivity index (χ1) is 25.4. The molecule has 2 saturated heterocycles. The number of nitrogens with zero attached hydrogens (tertiary/aromatic N) is 4. The van der Waals surface area contributed by atoms with Crippen LogP contribution in [-0.2, 0) is 44.1 Å². The third kappa shape index (κ3) is 9.12. The highest BCUT2D eigenvalue weighted by molar-refractivity contribution is 7.92. The van der Waals surface area contributed by atoms with Gasteiger partial charge < -0.3 is 36.8 Å². The number of hydrogen-bond acceptors (Lipinski definition) is 12. The molecule has 294 valence electrons. The lowest BCUT2D eigenvalue weighted by Gasteiger charge is -2.37. The molecule has 1 aromatic carbocycles. The molecule has 0 spiro atoms. The van der Waals surface area contributed by atoms with E-state index in [-0.39, 0.29) is 61.8 Å². The Balaban J connectivity index is 1.47. The number of carbonyl (C=O) groups is 6. The first kappa shape index (κ1) is 40.4. The highest BCUT2D eigenvalue weighted by Crippen LogP contribution is 2.34. The molecule has 5 amide bonds. The molecule has 1 aliphatic carbocycles. The Kier molecular flexibility index (Phi) is 12.2. The van der Waals surface area contributed by atoms with Gasteiger partial charge in [-0.05, 0) is 50.5 Å². The van der Waals surface area contributed by atoms with Crippen molar-refractivity contribution in [1.29, 1.82) is 0 Å². The van der Waals surface area contributed by atoms with Crippen LogP contribution >= 0.6 is 0 Å². The zero-order valence-corrected chi connectivity index (χ0v) is 31.2. The van der Waals surface area contributed by atoms with E-state index >= 15 is 0 Å². The summed E-state index contributed by atoms with van der Waals surface area (Å²) >= 11 is 0. The summed E-state index contributed by atoms with van der Waals surface area (Å²) in [5.74, 6) is -6.03. The van der Waals surface area contributed by atoms with Crippen molar-refractivity contribution >= 4 is 45.2 Å². The number of ketones is 1. The fourth-order valence-corrected chi connectivity index (χ4v) is 8.71. The Labute approximate surface area is 312 Å². The number of sulfone groups is 1. The molecule has 1 aromatic heterocycles. The van der Waals surface area contributed by atoms with Crippen molar-refractivity contribution in [3.05, 3.63) is 41.7 Å². The highest BCUT2D eigenvalue weighted by Gasteiger charge is 2.49. The maximum absolute atomic E-state index is 14.8. The van der Waals surface area contributed by atoms with Gasteiger partial charge in [-0.1, -0.05) is 37.3 Å². The maximum Gasteiger partial charge on any atom is 0.287 e. The number of benzene rings is 1. The molecule has 0 bridgehead atoms. The summed E-state index contributed by atoms with van der Waals surface area (Å²) in [7, 11) is -4.03. The third-order valence-corrected chi connectivity index (χ3v) is 12.1. The number of aromatic nitrogens is 3. The van der Waals surface area contributed by atoms with Gasteiger partial charge in [0.15, 0.2) is 9.84 Å². The molecule has 3 atom stereocenters. The van der Waals surface area contributed by atoms with E-state index in [1.807, 2.05) is 0 Å². The summed E-state index contributed by atoms with van der Waals surface area (Å²) in [6.07, 6.45) is 6.20. The lowest BCUT2D eigenvalue weighted by molar-refractivity contribution is -0.147. The number of nitrogens with one attached hydrogen (secondary N) is 2. The van der Waals surface area contributed by atoms with Crippen molar-refractivity contribution in [2.75, 3.05) is 25.5 Å². The fourth-order valence-electron chi connectivity index (χ4n) is 7.62. The molecule has 5 rings (SSSR count). The van der Waals surface area contributed by atoms with E-state index in [2.05, 4.69) is 20.9 Å². The Morgan fingerprint density at radius 2 is 1.69 bits per heavy atom. The zero-order chi connectivity index (χ0) is 39.4. The zero-order valence-electron chi connectivity index (χ0n) is 30.4. The van der Waals surface area contributed by atoms with Gasteiger partial charge in [-0.2, -0.15) is 0 Å². The lowest BCUT2D eigenvalue weighted by atomic mass is 9.84. The SMILES string of the molecule is CC(C)(O)c1cnnn1[C@H]1C[C@@H](C(=O)NC2(C(=O)C(N)=O)CCOCC2)N(C(=O)[C@@H](CC2CCCCC2)NC(=O)c2ccc(S(=O)(=O)CC(N)=O)cc2)C1. The van der Waals surface area contributed by atoms with Crippen molar-refractivity contribution < 1.29 is 47.0 Å². The van der Waals surface area contributed by atoms with Crippen molar-refractivity contribution in [2.24, 2.45) is 17.4 Å². The van der Waals surface area contributed by atoms with E-state index in [1.165, 1.54) is 40.0 Å². The highest BCUT2D eigenvalue weighted by atomic mass is 32.2. The topological polar surface area (TPSA) is 276 Å². The standard InChI is InChI=1S/C35H48N8O10S/c1-34(2,50)27-18-38-41-43(27)23-17-26(32(48)40-35(29(45)30(37)46)12-14-53-15-13-35)42(19-23)33(49)25(16-21-6-4-3-5-7-21)39-31(47)22-8-10-24(11-9-22)54(51,52)20-28(36)44/h8-11,18,21,23,25-26,50H,3-7,12-17,19-20H2,1-2H3,(H2,36,44)(H2,37,46)(H,39,47)(H,40,48)/t23-,25+,26-/m0/s1. The molecule has 0 radical (unpaired) electrons. The molecule has 0 unspecified atom stereocenters. The van der Waals surface area contributed by atoms with Gasteiger partial charge >= 0.3 is 0 Å². The minimum absolute atomic E-state index is 0.00725. The second-order valence-electron chi connectivity index (χ2n) is 14.9. The van der Waals surface area contributed by atoms with Gasteiger partial charge in [-0.25, -0.2) is 13.1 Å². The van der Waals surface area contributed by atoms with E-state index in [0.717, 1.165) is 32.1 Å². The minimum Gasteiger partial charge on any atom is -0.384 e. The van der Waals surface area contributed by atoms with Crippen LogP contribution in [0.25, 0.3) is 0 Å². The first-order valence-electron chi connectivity index (χ1n) is 18.0. The van der Waals surface area contributed by atoms with Crippen LogP contribution in [0, 0.1) is 5.92 Å². The third-order valence-electron chi connectivity index (χ3n) is 10.5. The number of amides is 5. The van der Waals surface area contributed by atoms with Gasteiger partial charge in [0.2, 0.25) is 23.5 Å². The number of nitrogens with two attached hydrogens (primary N) is 2. The lowest BCUT2D eigenvalue weighted by Crippen LogP contribution is -2.64. The molecule has 3 aliphatic rings. The van der Waals surface area contributed by atoms with E-state index in [0.29, 0.717) is 5.69 Å².